The van der Waals surface area contributed by atoms with Crippen molar-refractivity contribution in [3.63, 3.8) is 0 Å². The van der Waals surface area contributed by atoms with E-state index in [1.165, 1.54) is 0 Å². The molecule has 0 aromatic rings. The molecule has 0 amide bonds. The summed E-state index contributed by atoms with van der Waals surface area (Å²) in [5.41, 5.74) is -2.39. The van der Waals surface area contributed by atoms with Crippen molar-refractivity contribution in [1.82, 2.24) is 0 Å². The molecule has 0 fully saturated rings. The fourth-order valence-corrected chi connectivity index (χ4v) is 0.732. The molecule has 0 radical (unpaired) electrons. The fourth-order valence-electron chi connectivity index (χ4n) is 0.454. The molecule has 4 atom stereocenters. The minimum Gasteiger partial charge on any atom is -0.242 e. The van der Waals surface area contributed by atoms with Crippen LogP contribution < -0.4 is 0 Å². The van der Waals surface area contributed by atoms with E-state index in [0.717, 1.165) is 0 Å². The maximum Gasteiger partial charge on any atom is 0.272 e. The van der Waals surface area contributed by atoms with E-state index >= 15 is 0 Å². The molecule has 0 heterocycles. The van der Waals surface area contributed by atoms with Gasteiger partial charge in [-0.1, -0.05) is 11.6 Å². The second-order valence-corrected chi connectivity index (χ2v) is 2.92. The molecule has 0 rings (SSSR count). The van der Waals surface area contributed by atoms with Gasteiger partial charge < -0.3 is 0 Å². The van der Waals surface area contributed by atoms with Crippen LogP contribution in [0.4, 0.5) is 22.0 Å². The fraction of sp³-hybridized carbons (Fsp3) is 1.00. The predicted octanol–water partition coefficient (Wildman–Crippen LogP) is 3.07. The number of halogens is 7. The molecule has 12 heavy (non-hydrogen) atoms. The first-order chi connectivity index (χ1) is 5.37. The first kappa shape index (κ1) is 12.2. The minimum absolute atomic E-state index is 2.10. The van der Waals surface area contributed by atoms with E-state index in [0.29, 0.717) is 0 Å². The molecule has 0 aromatic heterocycles. The summed E-state index contributed by atoms with van der Waals surface area (Å²) in [5.74, 6) is 0. The Labute approximate surface area is 75.6 Å². The summed E-state index contributed by atoms with van der Waals surface area (Å²) >= 11 is 9.47. The van der Waals surface area contributed by atoms with Crippen LogP contribution >= 0.6 is 23.2 Å². The van der Waals surface area contributed by atoms with Crippen LogP contribution in [0.15, 0.2) is 0 Å². The zero-order valence-corrected chi connectivity index (χ0v) is 7.04. The first-order valence-corrected chi connectivity index (χ1v) is 3.73. The Kier molecular flexibility index (Phi) is 5.16. The third kappa shape index (κ3) is 3.31. The van der Waals surface area contributed by atoms with Gasteiger partial charge in [-0.15, -0.1) is 11.6 Å². The number of alkyl halides is 7. The van der Waals surface area contributed by atoms with Crippen molar-refractivity contribution in [3.05, 3.63) is 0 Å². The smallest absolute Gasteiger partial charge is 0.242 e. The van der Waals surface area contributed by atoms with E-state index in [2.05, 4.69) is 11.6 Å². The molecule has 0 N–H and O–H groups in total. The lowest BCUT2D eigenvalue weighted by Gasteiger charge is -2.17. The zero-order valence-electron chi connectivity index (χ0n) is 5.53. The van der Waals surface area contributed by atoms with Gasteiger partial charge in [-0.3, -0.25) is 0 Å². The van der Waals surface area contributed by atoms with Gasteiger partial charge in [0.25, 0.3) is 6.43 Å². The zero-order chi connectivity index (χ0) is 9.89. The van der Waals surface area contributed by atoms with E-state index in [-0.39, 0.29) is 0 Å². The van der Waals surface area contributed by atoms with E-state index in [9.17, 15) is 22.0 Å². The Morgan fingerprint density at radius 3 is 1.42 bits per heavy atom. The monoisotopic (exact) mass is 230 g/mol. The Hall–Kier alpha value is 0.230. The second kappa shape index (κ2) is 5.07. The molecular weight excluding hydrogens is 226 g/mol. The summed E-state index contributed by atoms with van der Waals surface area (Å²) in [7, 11) is 0. The molecule has 0 aliphatic heterocycles. The highest BCUT2D eigenvalue weighted by Crippen LogP contribution is 2.24. The number of rotatable bonds is 4. The summed E-state index contributed by atoms with van der Waals surface area (Å²) in [6.07, 6.45) is -9.44. The van der Waals surface area contributed by atoms with Crippen LogP contribution in [0, 0.1) is 0 Å². The summed E-state index contributed by atoms with van der Waals surface area (Å²) < 4.78 is 59.4. The minimum atomic E-state index is -3.53. The lowest BCUT2D eigenvalue weighted by molar-refractivity contribution is -0.000580. The molecule has 0 saturated carbocycles. The molecule has 0 aromatic carbocycles. The Morgan fingerprint density at radius 1 is 0.750 bits per heavy atom. The predicted molar refractivity (Wildman–Crippen MR) is 36.2 cm³/mol. The average molecular weight is 231 g/mol. The van der Waals surface area contributed by atoms with Gasteiger partial charge in [0.2, 0.25) is 0 Å². The molecule has 4 unspecified atom stereocenters. The Balaban J connectivity index is 4.08. The lowest BCUT2D eigenvalue weighted by Crippen LogP contribution is -2.36. The molecule has 74 valence electrons. The van der Waals surface area contributed by atoms with Crippen molar-refractivity contribution in [1.29, 1.82) is 0 Å². The van der Waals surface area contributed by atoms with Crippen LogP contribution in [-0.4, -0.2) is 29.8 Å². The Bertz CT molecular complexity index is 117. The van der Waals surface area contributed by atoms with Gasteiger partial charge in [0.05, 0.1) is 0 Å². The summed E-state index contributed by atoms with van der Waals surface area (Å²) in [5, 5.41) is -2.10. The van der Waals surface area contributed by atoms with Crippen LogP contribution in [0.5, 0.6) is 0 Å². The van der Waals surface area contributed by atoms with Crippen LogP contribution in [0.2, 0.25) is 0 Å². The van der Waals surface area contributed by atoms with Crippen molar-refractivity contribution < 1.29 is 22.0 Å². The highest BCUT2D eigenvalue weighted by atomic mass is 35.5. The highest BCUT2D eigenvalue weighted by Gasteiger charge is 2.38. The van der Waals surface area contributed by atoms with Gasteiger partial charge in [-0.2, -0.15) is 0 Å². The number of hydrogen-bond acceptors (Lipinski definition) is 0. The molecule has 0 nitrogen and oxygen atoms in total. The Morgan fingerprint density at radius 2 is 1.17 bits per heavy atom. The van der Waals surface area contributed by atoms with Crippen LogP contribution in [0.1, 0.15) is 0 Å². The van der Waals surface area contributed by atoms with Crippen LogP contribution in [0.25, 0.3) is 0 Å². The van der Waals surface area contributed by atoms with Gasteiger partial charge in [-0.25, -0.2) is 22.0 Å². The second-order valence-electron chi connectivity index (χ2n) is 2.00. The largest absolute Gasteiger partial charge is 0.272 e. The highest BCUT2D eigenvalue weighted by molar-refractivity contribution is 6.29. The maximum absolute atomic E-state index is 12.4. The summed E-state index contributed by atoms with van der Waals surface area (Å²) in [6.45, 7) is 0. The van der Waals surface area contributed by atoms with Gasteiger partial charge in [0.15, 0.2) is 18.0 Å². The molecule has 0 saturated heterocycles. The van der Waals surface area contributed by atoms with Crippen molar-refractivity contribution in [2.45, 2.75) is 29.8 Å². The van der Waals surface area contributed by atoms with E-state index in [1.54, 1.807) is 0 Å². The maximum atomic E-state index is 12.4. The first-order valence-electron chi connectivity index (χ1n) is 2.86. The van der Waals surface area contributed by atoms with Crippen LogP contribution in [0.3, 0.4) is 0 Å². The third-order valence-corrected chi connectivity index (χ3v) is 1.95. The van der Waals surface area contributed by atoms with E-state index < -0.39 is 29.8 Å². The molecule has 7 heteroatoms. The van der Waals surface area contributed by atoms with Crippen LogP contribution in [-0.2, 0) is 0 Å². The lowest BCUT2D eigenvalue weighted by atomic mass is 10.2. The third-order valence-electron chi connectivity index (χ3n) is 1.09. The molecule has 0 bridgehead atoms. The molecule has 0 aliphatic carbocycles. The quantitative estimate of drug-likeness (QED) is 0.515. The van der Waals surface area contributed by atoms with Crippen molar-refractivity contribution in [3.8, 4) is 0 Å². The molecule has 0 spiro atoms. The topological polar surface area (TPSA) is 0 Å². The van der Waals surface area contributed by atoms with Gasteiger partial charge >= 0.3 is 0 Å². The van der Waals surface area contributed by atoms with Crippen molar-refractivity contribution in [2.24, 2.45) is 0 Å². The average Bonchev–Trinajstić information content (AvgIpc) is 2.00. The SMILES string of the molecule is FC(F)C(F)C(F)C(Cl)C(F)Cl. The summed E-state index contributed by atoms with van der Waals surface area (Å²) in [4.78, 5) is 0. The molecule has 0 aliphatic rings. The van der Waals surface area contributed by atoms with E-state index in [4.69, 9.17) is 11.6 Å². The van der Waals surface area contributed by atoms with Crippen molar-refractivity contribution >= 4 is 23.2 Å². The van der Waals surface area contributed by atoms with E-state index in [1.807, 2.05) is 0 Å². The van der Waals surface area contributed by atoms with Gasteiger partial charge in [-0.05, 0) is 0 Å². The standard InChI is InChI=1S/C5H5Cl2F5/c6-1(4(7)10)2(8)3(9)5(11)12/h1-5H. The molecular formula is C5H5Cl2F5. The van der Waals surface area contributed by atoms with Gasteiger partial charge in [0, 0.05) is 0 Å². The number of hydrogen-bond donors (Lipinski definition) is 0. The summed E-state index contributed by atoms with van der Waals surface area (Å²) in [6, 6.07) is 0. The van der Waals surface area contributed by atoms with Crippen molar-refractivity contribution in [2.75, 3.05) is 0 Å². The normalized spacial score (nSPS) is 22.0. The van der Waals surface area contributed by atoms with Gasteiger partial charge in [0.1, 0.15) is 5.38 Å².